The zero-order chi connectivity index (χ0) is 13.0. The highest BCUT2D eigenvalue weighted by atomic mass is 16.1. The van der Waals surface area contributed by atoms with Gasteiger partial charge in [-0.05, 0) is 17.7 Å². The van der Waals surface area contributed by atoms with Gasteiger partial charge in [0.25, 0.3) is 5.91 Å². The third kappa shape index (κ3) is 2.76. The molecule has 0 aliphatic carbocycles. The molecule has 1 aromatic carbocycles. The van der Waals surface area contributed by atoms with Crippen molar-refractivity contribution in [1.29, 1.82) is 0 Å². The van der Waals surface area contributed by atoms with Crippen LogP contribution in [0.4, 0.5) is 5.69 Å². The van der Waals surface area contributed by atoms with Crippen LogP contribution in [0.5, 0.6) is 0 Å². The highest BCUT2D eigenvalue weighted by Crippen LogP contribution is 2.10. The van der Waals surface area contributed by atoms with Gasteiger partial charge >= 0.3 is 0 Å². The van der Waals surface area contributed by atoms with Crippen LogP contribution >= 0.6 is 0 Å². The monoisotopic (exact) mass is 243 g/mol. The minimum Gasteiger partial charge on any atom is -0.398 e. The third-order valence-corrected chi connectivity index (χ3v) is 2.51. The van der Waals surface area contributed by atoms with Crippen molar-refractivity contribution in [3.63, 3.8) is 0 Å². The quantitative estimate of drug-likeness (QED) is 0.699. The summed E-state index contributed by atoms with van der Waals surface area (Å²) in [5, 5.41) is 2.73. The van der Waals surface area contributed by atoms with E-state index < -0.39 is 0 Å². The second kappa shape index (κ2) is 5.18. The average Bonchev–Trinajstić information content (AvgIpc) is 2.38. The zero-order valence-corrected chi connectivity index (χ0v) is 9.64. The van der Waals surface area contributed by atoms with Crippen LogP contribution in [0.1, 0.15) is 15.9 Å². The van der Waals surface area contributed by atoms with E-state index in [0.717, 1.165) is 5.56 Å². The van der Waals surface area contributed by atoms with E-state index in [0.29, 0.717) is 17.8 Å². The van der Waals surface area contributed by atoms with Gasteiger partial charge in [-0.3, -0.25) is 9.59 Å². The molecule has 0 saturated heterocycles. The van der Waals surface area contributed by atoms with Crippen LogP contribution in [0, 0.1) is 0 Å². The Bertz CT molecular complexity index is 599. The smallest absolute Gasteiger partial charge is 0.253 e. The van der Waals surface area contributed by atoms with Gasteiger partial charge in [-0.25, -0.2) is 0 Å². The van der Waals surface area contributed by atoms with Gasteiger partial charge < -0.3 is 16.0 Å². The van der Waals surface area contributed by atoms with E-state index in [1.54, 1.807) is 36.5 Å². The summed E-state index contributed by atoms with van der Waals surface area (Å²) in [5.41, 5.74) is 7.24. The summed E-state index contributed by atoms with van der Waals surface area (Å²) in [7, 11) is 0. The van der Waals surface area contributed by atoms with Gasteiger partial charge in [0.05, 0.1) is 5.56 Å². The van der Waals surface area contributed by atoms with E-state index in [-0.39, 0.29) is 11.5 Å². The van der Waals surface area contributed by atoms with Gasteiger partial charge in [0.2, 0.25) is 5.56 Å². The molecule has 1 aromatic heterocycles. The summed E-state index contributed by atoms with van der Waals surface area (Å²) < 4.78 is 0. The molecular weight excluding hydrogens is 230 g/mol. The number of aromatic nitrogens is 1. The lowest BCUT2D eigenvalue weighted by Crippen LogP contribution is -2.24. The SMILES string of the molecule is Nc1ccccc1C(=O)NCc1ccc(=O)[nH]c1. The fourth-order valence-corrected chi connectivity index (χ4v) is 1.53. The Labute approximate surface area is 104 Å². The molecule has 1 amide bonds. The number of hydrogen-bond donors (Lipinski definition) is 3. The first-order valence-electron chi connectivity index (χ1n) is 5.47. The third-order valence-electron chi connectivity index (χ3n) is 2.51. The molecule has 0 unspecified atom stereocenters. The van der Waals surface area contributed by atoms with Crippen LogP contribution < -0.4 is 16.6 Å². The van der Waals surface area contributed by atoms with E-state index in [9.17, 15) is 9.59 Å². The molecule has 0 atom stereocenters. The van der Waals surface area contributed by atoms with Crippen molar-refractivity contribution < 1.29 is 4.79 Å². The maximum Gasteiger partial charge on any atom is 0.253 e. The van der Waals surface area contributed by atoms with Crippen molar-refractivity contribution in [2.75, 3.05) is 5.73 Å². The lowest BCUT2D eigenvalue weighted by molar-refractivity contribution is 0.0952. The number of aromatic amines is 1. The van der Waals surface area contributed by atoms with E-state index in [1.165, 1.54) is 6.07 Å². The number of pyridine rings is 1. The largest absolute Gasteiger partial charge is 0.398 e. The Balaban J connectivity index is 2.03. The maximum atomic E-state index is 11.8. The van der Waals surface area contributed by atoms with Crippen LogP contribution in [-0.4, -0.2) is 10.9 Å². The molecule has 0 radical (unpaired) electrons. The Kier molecular flexibility index (Phi) is 3.43. The van der Waals surface area contributed by atoms with Crippen molar-refractivity contribution >= 4 is 11.6 Å². The number of nitrogen functional groups attached to an aromatic ring is 1. The highest BCUT2D eigenvalue weighted by molar-refractivity contribution is 5.98. The minimum atomic E-state index is -0.237. The number of benzene rings is 1. The van der Waals surface area contributed by atoms with Crippen molar-refractivity contribution in [1.82, 2.24) is 10.3 Å². The zero-order valence-electron chi connectivity index (χ0n) is 9.64. The molecule has 0 aliphatic heterocycles. The van der Waals surface area contributed by atoms with Gasteiger partial charge in [-0.1, -0.05) is 18.2 Å². The summed E-state index contributed by atoms with van der Waals surface area (Å²) in [6.07, 6.45) is 1.57. The van der Waals surface area contributed by atoms with Crippen LogP contribution in [-0.2, 0) is 6.54 Å². The Morgan fingerprint density at radius 2 is 2.00 bits per heavy atom. The number of carbonyl (C=O) groups excluding carboxylic acids is 1. The summed E-state index contributed by atoms with van der Waals surface area (Å²) in [6, 6.07) is 9.94. The predicted octanol–water partition coefficient (Wildman–Crippen LogP) is 0.887. The van der Waals surface area contributed by atoms with Crippen LogP contribution in [0.2, 0.25) is 0 Å². The molecule has 92 valence electrons. The number of hydrogen-bond acceptors (Lipinski definition) is 3. The maximum absolute atomic E-state index is 11.8. The van der Waals surface area contributed by atoms with E-state index >= 15 is 0 Å². The van der Waals surface area contributed by atoms with Gasteiger partial charge in [-0.15, -0.1) is 0 Å². The van der Waals surface area contributed by atoms with Crippen LogP contribution in [0.3, 0.4) is 0 Å². The van der Waals surface area contributed by atoms with Crippen molar-refractivity contribution in [3.05, 3.63) is 64.1 Å². The fraction of sp³-hybridized carbons (Fsp3) is 0.0769. The summed E-state index contributed by atoms with van der Waals surface area (Å²) in [5.74, 6) is -0.237. The minimum absolute atomic E-state index is 0.169. The second-order valence-corrected chi connectivity index (χ2v) is 3.83. The van der Waals surface area contributed by atoms with Crippen molar-refractivity contribution in [2.24, 2.45) is 0 Å². The fourth-order valence-electron chi connectivity index (χ4n) is 1.53. The second-order valence-electron chi connectivity index (χ2n) is 3.83. The molecule has 1 heterocycles. The first kappa shape index (κ1) is 11.9. The van der Waals surface area contributed by atoms with Crippen LogP contribution in [0.25, 0.3) is 0 Å². The average molecular weight is 243 g/mol. The van der Waals surface area contributed by atoms with Crippen LogP contribution in [0.15, 0.2) is 47.4 Å². The lowest BCUT2D eigenvalue weighted by atomic mass is 10.1. The molecule has 0 bridgehead atoms. The molecule has 0 spiro atoms. The van der Waals surface area contributed by atoms with Gasteiger partial charge in [-0.2, -0.15) is 0 Å². The summed E-state index contributed by atoms with van der Waals surface area (Å²) >= 11 is 0. The topological polar surface area (TPSA) is 88.0 Å². The predicted molar refractivity (Wildman–Crippen MR) is 69.1 cm³/mol. The number of para-hydroxylation sites is 1. The number of carbonyl (C=O) groups is 1. The van der Waals surface area contributed by atoms with Gasteiger partial charge in [0.15, 0.2) is 0 Å². The Morgan fingerprint density at radius 1 is 1.22 bits per heavy atom. The molecule has 4 N–H and O–H groups in total. The number of anilines is 1. The number of nitrogens with one attached hydrogen (secondary N) is 2. The van der Waals surface area contributed by atoms with Gasteiger partial charge in [0, 0.05) is 24.5 Å². The molecule has 0 saturated carbocycles. The molecule has 5 heteroatoms. The molecule has 0 fully saturated rings. The van der Waals surface area contributed by atoms with E-state index in [4.69, 9.17) is 5.73 Å². The molecule has 5 nitrogen and oxygen atoms in total. The Hall–Kier alpha value is -2.56. The number of amides is 1. The van der Waals surface area contributed by atoms with E-state index in [2.05, 4.69) is 10.3 Å². The summed E-state index contributed by atoms with van der Waals surface area (Å²) in [6.45, 7) is 0.337. The van der Waals surface area contributed by atoms with Gasteiger partial charge in [0.1, 0.15) is 0 Å². The molecular formula is C13H13N3O2. The van der Waals surface area contributed by atoms with E-state index in [1.807, 2.05) is 0 Å². The normalized spacial score (nSPS) is 10.0. The number of nitrogens with two attached hydrogens (primary N) is 1. The molecule has 2 aromatic rings. The molecule has 0 aliphatic rings. The molecule has 18 heavy (non-hydrogen) atoms. The summed E-state index contributed by atoms with van der Waals surface area (Å²) in [4.78, 5) is 25.3. The first-order valence-corrected chi connectivity index (χ1v) is 5.47. The number of rotatable bonds is 3. The number of H-pyrrole nitrogens is 1. The standard InChI is InChI=1S/C13H13N3O2/c14-11-4-2-1-3-10(11)13(18)16-8-9-5-6-12(17)15-7-9/h1-7H,8,14H2,(H,15,17)(H,16,18). The Morgan fingerprint density at radius 3 is 2.67 bits per heavy atom. The van der Waals surface area contributed by atoms with Crippen molar-refractivity contribution in [2.45, 2.75) is 6.54 Å². The van der Waals surface area contributed by atoms with Crippen molar-refractivity contribution in [3.8, 4) is 0 Å². The highest BCUT2D eigenvalue weighted by Gasteiger charge is 2.07. The lowest BCUT2D eigenvalue weighted by Gasteiger charge is -2.07. The first-order chi connectivity index (χ1) is 8.66. The molecule has 2 rings (SSSR count).